The van der Waals surface area contributed by atoms with Crippen LogP contribution in [0.5, 0.6) is 5.75 Å². The largest absolute Gasteiger partial charge is 0.684 e. The molecular formula is C20H19Cl2N2O3-. The number of benzene rings is 2. The summed E-state index contributed by atoms with van der Waals surface area (Å²) in [5.41, 5.74) is 2.05. The van der Waals surface area contributed by atoms with Gasteiger partial charge in [0.25, 0.3) is 0 Å². The van der Waals surface area contributed by atoms with Crippen molar-refractivity contribution >= 4 is 34.9 Å². The molecule has 0 unspecified atom stereocenters. The minimum Gasteiger partial charge on any atom is -0.684 e. The molecule has 5 nitrogen and oxygen atoms in total. The molecule has 0 aliphatic rings. The van der Waals surface area contributed by atoms with E-state index < -0.39 is 5.97 Å². The molecule has 0 bridgehead atoms. The lowest BCUT2D eigenvalue weighted by Gasteiger charge is -2.26. The van der Waals surface area contributed by atoms with Crippen molar-refractivity contribution in [1.29, 1.82) is 5.41 Å². The van der Waals surface area contributed by atoms with Crippen molar-refractivity contribution in [3.05, 3.63) is 80.7 Å². The molecule has 2 aromatic rings. The number of rotatable bonds is 8. The molecule has 0 fully saturated rings. The van der Waals surface area contributed by atoms with E-state index in [4.69, 9.17) is 33.3 Å². The summed E-state index contributed by atoms with van der Waals surface area (Å²) in [4.78, 5) is 11.6. The van der Waals surface area contributed by atoms with Gasteiger partial charge in [0, 0.05) is 10.0 Å². The Morgan fingerprint density at radius 1 is 1.15 bits per heavy atom. The normalized spacial score (nSPS) is 11.0. The molecule has 0 spiro atoms. The zero-order chi connectivity index (χ0) is 19.8. The van der Waals surface area contributed by atoms with E-state index in [1.807, 2.05) is 24.3 Å². The van der Waals surface area contributed by atoms with Crippen LogP contribution in [-0.4, -0.2) is 25.9 Å². The van der Waals surface area contributed by atoms with E-state index in [0.717, 1.165) is 16.9 Å². The highest BCUT2D eigenvalue weighted by atomic mass is 35.5. The van der Waals surface area contributed by atoms with Gasteiger partial charge in [-0.25, -0.2) is 4.79 Å². The zero-order valence-electron chi connectivity index (χ0n) is 15.0. The predicted molar refractivity (Wildman–Crippen MR) is 108 cm³/mol. The van der Waals surface area contributed by atoms with Gasteiger partial charge in [0.05, 0.1) is 14.2 Å². The molecule has 142 valence electrons. The summed E-state index contributed by atoms with van der Waals surface area (Å²) < 4.78 is 9.74. The van der Waals surface area contributed by atoms with E-state index >= 15 is 0 Å². The Morgan fingerprint density at radius 3 is 2.44 bits per heavy atom. The number of hydrogen-bond donors (Lipinski definition) is 1. The molecule has 0 aliphatic heterocycles. The van der Waals surface area contributed by atoms with Crippen LogP contribution in [0.3, 0.4) is 0 Å². The van der Waals surface area contributed by atoms with E-state index in [9.17, 15) is 4.79 Å². The van der Waals surface area contributed by atoms with E-state index in [-0.39, 0.29) is 5.71 Å². The first-order valence-corrected chi connectivity index (χ1v) is 8.80. The summed E-state index contributed by atoms with van der Waals surface area (Å²) in [5, 5.41) is 13.4. The Kier molecular flexibility index (Phi) is 7.70. The maximum atomic E-state index is 11.6. The number of allylic oxidation sites excluding steroid dienone is 1. The smallest absolute Gasteiger partial charge is 0.355 e. The first-order chi connectivity index (χ1) is 12.9. The molecule has 1 N–H and O–H groups in total. The Morgan fingerprint density at radius 2 is 1.85 bits per heavy atom. The van der Waals surface area contributed by atoms with Crippen LogP contribution in [0.25, 0.3) is 5.32 Å². The van der Waals surface area contributed by atoms with Gasteiger partial charge in [-0.15, -0.1) is 6.54 Å². The van der Waals surface area contributed by atoms with Crippen molar-refractivity contribution < 1.29 is 14.3 Å². The van der Waals surface area contributed by atoms with Gasteiger partial charge in [0.15, 0.2) is 0 Å². The number of halogens is 2. The molecule has 0 radical (unpaired) electrons. The van der Waals surface area contributed by atoms with Crippen molar-refractivity contribution in [3.63, 3.8) is 0 Å². The van der Waals surface area contributed by atoms with Crippen LogP contribution in [0.15, 0.2) is 54.2 Å². The molecule has 2 aromatic carbocycles. The van der Waals surface area contributed by atoms with E-state index in [1.165, 1.54) is 13.2 Å². The van der Waals surface area contributed by atoms with Crippen LogP contribution in [-0.2, 0) is 22.5 Å². The topological polar surface area (TPSA) is 73.5 Å². The van der Waals surface area contributed by atoms with Crippen LogP contribution in [0, 0.1) is 5.41 Å². The average molecular weight is 406 g/mol. The maximum absolute atomic E-state index is 11.6. The second-order valence-corrected chi connectivity index (χ2v) is 6.46. The molecule has 0 saturated heterocycles. The maximum Gasteiger partial charge on any atom is 0.355 e. The molecule has 7 heteroatoms. The summed E-state index contributed by atoms with van der Waals surface area (Å²) in [5.74, 6) is 0.0263. The number of carbonyl (C=O) groups is 1. The number of hydrogen-bond acceptors (Lipinski definition) is 4. The van der Waals surface area contributed by atoms with E-state index in [1.54, 1.807) is 25.3 Å². The molecule has 0 aliphatic carbocycles. The van der Waals surface area contributed by atoms with Crippen molar-refractivity contribution in [2.75, 3.05) is 14.2 Å². The monoisotopic (exact) mass is 405 g/mol. The van der Waals surface area contributed by atoms with Crippen LogP contribution in [0.1, 0.15) is 11.1 Å². The van der Waals surface area contributed by atoms with Crippen molar-refractivity contribution in [2.24, 2.45) is 0 Å². The highest BCUT2D eigenvalue weighted by Gasteiger charge is 2.06. The van der Waals surface area contributed by atoms with Gasteiger partial charge in [-0.3, -0.25) is 5.41 Å². The van der Waals surface area contributed by atoms with Crippen LogP contribution in [0.2, 0.25) is 10.0 Å². The molecule has 0 amide bonds. The van der Waals surface area contributed by atoms with Gasteiger partial charge in [0.1, 0.15) is 11.5 Å². The number of ether oxygens (including phenoxy) is 2. The first-order valence-electron chi connectivity index (χ1n) is 8.04. The average Bonchev–Trinajstić information content (AvgIpc) is 2.67. The highest BCUT2D eigenvalue weighted by Crippen LogP contribution is 2.25. The zero-order valence-corrected chi connectivity index (χ0v) is 16.5. The Labute approximate surface area is 168 Å². The van der Waals surface area contributed by atoms with Gasteiger partial charge < -0.3 is 14.8 Å². The van der Waals surface area contributed by atoms with Crippen molar-refractivity contribution in [1.82, 2.24) is 0 Å². The minimum absolute atomic E-state index is 0.271. The lowest BCUT2D eigenvalue weighted by atomic mass is 10.1. The Bertz CT molecular complexity index is 849. The van der Waals surface area contributed by atoms with Gasteiger partial charge in [-0.05, 0) is 47.9 Å². The second kappa shape index (κ2) is 10.00. The lowest BCUT2D eigenvalue weighted by molar-refractivity contribution is -0.132. The van der Waals surface area contributed by atoms with Crippen LogP contribution in [0.4, 0.5) is 0 Å². The number of esters is 1. The molecule has 0 heterocycles. The van der Waals surface area contributed by atoms with Crippen LogP contribution < -0.4 is 4.74 Å². The minimum atomic E-state index is -0.720. The summed E-state index contributed by atoms with van der Waals surface area (Å²) in [6.45, 7) is 0.298. The first kappa shape index (κ1) is 20.8. The molecule has 0 saturated carbocycles. The quantitative estimate of drug-likeness (QED) is 0.484. The van der Waals surface area contributed by atoms with Gasteiger partial charge in [-0.2, -0.15) is 5.70 Å². The third-order valence-corrected chi connectivity index (χ3v) is 4.32. The van der Waals surface area contributed by atoms with Crippen molar-refractivity contribution in [3.8, 4) is 5.75 Å². The summed E-state index contributed by atoms with van der Waals surface area (Å²) in [7, 11) is 2.84. The van der Waals surface area contributed by atoms with Crippen LogP contribution >= 0.6 is 23.2 Å². The number of methoxy groups -OCH3 is 2. The Hall–Kier alpha value is -2.50. The standard InChI is InChI=1S/C20H19Cl2N2O3/c1-26-17-7-3-13(4-8-17)9-16(11-19(23)20(25)27-2)24-12-14-5-6-15(21)10-18(14)22/h3-8,10-11H,9,12H2,1-2H3,(H-,23,24)/q-1. The number of carbonyl (C=O) groups excluding carboxylic acids is 1. The van der Waals surface area contributed by atoms with Gasteiger partial charge >= 0.3 is 5.97 Å². The predicted octanol–water partition coefficient (Wildman–Crippen LogP) is 5.20. The third kappa shape index (κ3) is 6.31. The fourth-order valence-corrected chi connectivity index (χ4v) is 2.75. The SMILES string of the molecule is COC(=O)C(=N)/C=C(/Cc1ccc(OC)cc1)[N-]Cc1ccc(Cl)cc1Cl. The van der Waals surface area contributed by atoms with Crippen molar-refractivity contribution in [2.45, 2.75) is 13.0 Å². The molecule has 2 rings (SSSR count). The van der Waals surface area contributed by atoms with E-state index in [2.05, 4.69) is 10.1 Å². The fraction of sp³-hybridized carbons (Fsp3) is 0.200. The molecular weight excluding hydrogens is 387 g/mol. The summed E-state index contributed by atoms with van der Waals surface area (Å²) in [6, 6.07) is 12.7. The fourth-order valence-electron chi connectivity index (χ4n) is 2.28. The van der Waals surface area contributed by atoms with Gasteiger partial charge in [0.2, 0.25) is 0 Å². The van der Waals surface area contributed by atoms with Gasteiger partial charge in [-0.1, -0.05) is 41.4 Å². The number of nitrogens with one attached hydrogen (secondary N) is 1. The summed E-state index contributed by atoms with van der Waals surface area (Å²) in [6.07, 6.45) is 1.84. The molecule has 27 heavy (non-hydrogen) atoms. The summed E-state index contributed by atoms with van der Waals surface area (Å²) >= 11 is 12.1. The third-order valence-electron chi connectivity index (χ3n) is 3.73. The Balaban J connectivity index is 2.18. The molecule has 0 atom stereocenters. The number of nitrogens with zero attached hydrogens (tertiary/aromatic N) is 1. The lowest BCUT2D eigenvalue weighted by Crippen LogP contribution is -2.13. The molecule has 0 aromatic heterocycles. The van der Waals surface area contributed by atoms with E-state index in [0.29, 0.717) is 28.7 Å². The highest BCUT2D eigenvalue weighted by molar-refractivity contribution is 6.40. The second-order valence-electron chi connectivity index (χ2n) is 5.62.